The van der Waals surface area contributed by atoms with Crippen LogP contribution < -0.4 is 0 Å². The maximum atomic E-state index is 9.78. The Balaban J connectivity index is 5.39. The summed E-state index contributed by atoms with van der Waals surface area (Å²) in [4.78, 5) is 0. The molecule has 0 amide bonds. The molecule has 0 aliphatic rings. The Hall–Kier alpha value is 0.719. The van der Waals surface area contributed by atoms with E-state index in [1.807, 2.05) is 6.92 Å². The minimum atomic E-state index is -2.35. The molecule has 0 rings (SSSR count). The van der Waals surface area contributed by atoms with E-state index in [-0.39, 0.29) is 12.2 Å². The van der Waals surface area contributed by atoms with Crippen molar-refractivity contribution in [1.29, 1.82) is 0 Å². The normalized spacial score (nSPS) is 16.0. The van der Waals surface area contributed by atoms with Gasteiger partial charge in [-0.1, -0.05) is 0 Å². The first-order valence-electron chi connectivity index (χ1n) is 11.3. The molecule has 152 valence electrons. The Morgan fingerprint density at radius 2 is 1.20 bits per heavy atom. The summed E-state index contributed by atoms with van der Waals surface area (Å²) in [7, 11) is 0. The molecule has 0 saturated carbocycles. The van der Waals surface area contributed by atoms with Crippen molar-refractivity contribution in [3.05, 3.63) is 0 Å². The topological polar surface area (TPSA) is 29.5 Å². The van der Waals surface area contributed by atoms with E-state index in [9.17, 15) is 5.11 Å². The molecule has 3 heteroatoms. The summed E-state index contributed by atoms with van der Waals surface area (Å²) < 4.78 is 11.9. The summed E-state index contributed by atoms with van der Waals surface area (Å²) >= 11 is -2.35. The van der Waals surface area contributed by atoms with E-state index in [1.54, 1.807) is 0 Å². The zero-order valence-corrected chi connectivity index (χ0v) is 21.1. The third kappa shape index (κ3) is 11.2. The SMILES string of the molecule is CCCC[C@H](O[C@H](C)C[C@@H](C)O)[Sn]([CH2]CCC)([CH2]CCC)[CH2]CCC. The quantitative estimate of drug-likeness (QED) is 0.233. The predicted molar refractivity (Wildman–Crippen MR) is 115 cm³/mol. The Morgan fingerprint density at radius 3 is 1.56 bits per heavy atom. The minimum absolute atomic E-state index is 0.197. The van der Waals surface area contributed by atoms with E-state index in [0.29, 0.717) is 4.12 Å². The fourth-order valence-electron chi connectivity index (χ4n) is 4.17. The molecule has 0 aromatic carbocycles. The van der Waals surface area contributed by atoms with Gasteiger partial charge in [0.05, 0.1) is 0 Å². The summed E-state index contributed by atoms with van der Waals surface area (Å²) in [6.07, 6.45) is 12.7. The fraction of sp³-hybridized carbons (Fsp3) is 1.00. The molecule has 0 aliphatic heterocycles. The molecule has 0 heterocycles. The number of aliphatic hydroxyl groups is 1. The number of unbranched alkanes of at least 4 members (excludes halogenated alkanes) is 4. The first kappa shape index (κ1) is 25.7. The number of aliphatic hydroxyl groups excluding tert-OH is 1. The molecule has 3 atom stereocenters. The van der Waals surface area contributed by atoms with Gasteiger partial charge in [0.25, 0.3) is 0 Å². The van der Waals surface area contributed by atoms with Crippen molar-refractivity contribution in [2.24, 2.45) is 0 Å². The molecule has 0 aromatic rings. The summed E-state index contributed by atoms with van der Waals surface area (Å²) in [6, 6.07) is 0. The molecule has 0 aromatic heterocycles. The molecule has 0 radical (unpaired) electrons. The van der Waals surface area contributed by atoms with Gasteiger partial charge in [0.2, 0.25) is 0 Å². The summed E-state index contributed by atoms with van der Waals surface area (Å²) in [5.74, 6) is 0. The van der Waals surface area contributed by atoms with Gasteiger partial charge in [0, 0.05) is 0 Å². The average Bonchev–Trinajstić information content (AvgIpc) is 2.57. The van der Waals surface area contributed by atoms with E-state index in [0.717, 1.165) is 6.42 Å². The molecule has 1 N–H and O–H groups in total. The Labute approximate surface area is 163 Å². The second-order valence-corrected chi connectivity index (χ2v) is 22.2. The zero-order chi connectivity index (χ0) is 19.1. The van der Waals surface area contributed by atoms with Crippen molar-refractivity contribution in [2.75, 3.05) is 0 Å². The second-order valence-electron chi connectivity index (χ2n) is 8.34. The Bertz CT molecular complexity index is 272. The van der Waals surface area contributed by atoms with Gasteiger partial charge in [-0.15, -0.1) is 0 Å². The van der Waals surface area contributed by atoms with Crippen LogP contribution in [0.25, 0.3) is 0 Å². The van der Waals surface area contributed by atoms with Gasteiger partial charge >= 0.3 is 164 Å². The molecule has 25 heavy (non-hydrogen) atoms. The summed E-state index contributed by atoms with van der Waals surface area (Å²) in [5.41, 5.74) is 0. The van der Waals surface area contributed by atoms with Crippen LogP contribution in [0.15, 0.2) is 0 Å². The number of hydrogen-bond donors (Lipinski definition) is 1. The van der Waals surface area contributed by atoms with Crippen LogP contribution in [0, 0.1) is 0 Å². The van der Waals surface area contributed by atoms with E-state index in [1.165, 1.54) is 71.1 Å². The van der Waals surface area contributed by atoms with Crippen LogP contribution >= 0.6 is 0 Å². The van der Waals surface area contributed by atoms with Crippen molar-refractivity contribution >= 4 is 18.4 Å². The van der Waals surface area contributed by atoms with Crippen LogP contribution in [0.2, 0.25) is 13.3 Å². The number of ether oxygens (including phenoxy) is 1. The number of rotatable bonds is 17. The third-order valence-electron chi connectivity index (χ3n) is 5.66. The van der Waals surface area contributed by atoms with Crippen LogP contribution in [0.5, 0.6) is 0 Å². The van der Waals surface area contributed by atoms with Crippen LogP contribution in [0.3, 0.4) is 0 Å². The predicted octanol–water partition coefficient (Wildman–Crippen LogP) is 7.11. The van der Waals surface area contributed by atoms with E-state index >= 15 is 0 Å². The Morgan fingerprint density at radius 1 is 0.760 bits per heavy atom. The Kier molecular flexibility index (Phi) is 16.2. The van der Waals surface area contributed by atoms with Gasteiger partial charge in [0.15, 0.2) is 0 Å². The van der Waals surface area contributed by atoms with Crippen molar-refractivity contribution in [1.82, 2.24) is 0 Å². The molecule has 0 spiro atoms. The summed E-state index contributed by atoms with van der Waals surface area (Å²) in [5, 5.41) is 9.78. The molecule has 2 nitrogen and oxygen atoms in total. The van der Waals surface area contributed by atoms with Gasteiger partial charge in [-0.2, -0.15) is 0 Å². The molecule has 0 saturated heterocycles. The molecule has 0 unspecified atom stereocenters. The maximum absolute atomic E-state index is 9.78. The molecule has 0 aliphatic carbocycles. The monoisotopic (exact) mass is 464 g/mol. The molecular weight excluding hydrogens is 415 g/mol. The van der Waals surface area contributed by atoms with Crippen molar-refractivity contribution in [2.45, 2.75) is 135 Å². The third-order valence-corrected chi connectivity index (χ3v) is 22.3. The summed E-state index contributed by atoms with van der Waals surface area (Å²) in [6.45, 7) is 13.4. The van der Waals surface area contributed by atoms with E-state index in [2.05, 4.69) is 34.6 Å². The van der Waals surface area contributed by atoms with Crippen molar-refractivity contribution < 1.29 is 9.84 Å². The number of hydrogen-bond acceptors (Lipinski definition) is 2. The van der Waals surface area contributed by atoms with Gasteiger partial charge in [-0.25, -0.2) is 0 Å². The molecule has 0 fully saturated rings. The van der Waals surface area contributed by atoms with Crippen molar-refractivity contribution in [3.8, 4) is 0 Å². The van der Waals surface area contributed by atoms with Gasteiger partial charge in [0.1, 0.15) is 0 Å². The van der Waals surface area contributed by atoms with E-state index < -0.39 is 18.4 Å². The zero-order valence-electron chi connectivity index (χ0n) is 18.3. The van der Waals surface area contributed by atoms with Crippen LogP contribution in [-0.2, 0) is 4.74 Å². The van der Waals surface area contributed by atoms with Gasteiger partial charge < -0.3 is 0 Å². The molecular formula is C22H48O2Sn. The average molecular weight is 463 g/mol. The van der Waals surface area contributed by atoms with Gasteiger partial charge in [-0.3, -0.25) is 0 Å². The van der Waals surface area contributed by atoms with Gasteiger partial charge in [-0.05, 0) is 0 Å². The van der Waals surface area contributed by atoms with Crippen LogP contribution in [-0.4, -0.2) is 39.8 Å². The van der Waals surface area contributed by atoms with Crippen LogP contribution in [0.1, 0.15) is 106 Å². The van der Waals surface area contributed by atoms with Crippen molar-refractivity contribution in [3.63, 3.8) is 0 Å². The first-order chi connectivity index (χ1) is 12.0. The second kappa shape index (κ2) is 15.7. The fourth-order valence-corrected chi connectivity index (χ4v) is 21.9. The molecule has 0 bridgehead atoms. The van der Waals surface area contributed by atoms with Crippen LogP contribution in [0.4, 0.5) is 0 Å². The van der Waals surface area contributed by atoms with E-state index in [4.69, 9.17) is 4.74 Å². The standard InChI is InChI=1S/C10H21O2.3C4H9.Sn/c1-4-5-6-7-12-10(3)8-9(2)11;3*1-3-4-2;/h7,9-11H,4-6,8H2,1-3H3;3*1,3-4H2,2H3;/t9-,10-;;;;/m1..../s1. The first-order valence-corrected chi connectivity index (χ1v) is 19.0.